The molecule has 1 aromatic carbocycles. The predicted molar refractivity (Wildman–Crippen MR) is 135 cm³/mol. The largest absolute Gasteiger partial charge is 0.466 e. The molecule has 0 aliphatic heterocycles. The highest BCUT2D eigenvalue weighted by Crippen LogP contribution is 2.27. The molecule has 3 amide bonds. The zero-order valence-electron chi connectivity index (χ0n) is 22.5. The van der Waals surface area contributed by atoms with Crippen molar-refractivity contribution in [1.82, 2.24) is 15.5 Å². The van der Waals surface area contributed by atoms with Crippen LogP contribution in [0.4, 0.5) is 4.79 Å². The number of aliphatic hydroxyl groups is 1. The third-order valence-electron chi connectivity index (χ3n) is 5.14. The SMILES string of the molecule is CCCN(C(=O)C(CO)NC(=O)OC(C)(C)C)C(C(=O)NCCC(=O)OCC)c1cc(C)ccc1C. The zero-order chi connectivity index (χ0) is 27.5. The van der Waals surface area contributed by atoms with Gasteiger partial charge >= 0.3 is 12.1 Å². The van der Waals surface area contributed by atoms with E-state index in [1.54, 1.807) is 27.7 Å². The molecule has 1 rings (SSSR count). The summed E-state index contributed by atoms with van der Waals surface area (Å²) in [6.07, 6.45) is -0.345. The van der Waals surface area contributed by atoms with E-state index in [2.05, 4.69) is 10.6 Å². The monoisotopic (exact) mass is 507 g/mol. The molecular weight excluding hydrogens is 466 g/mol. The first-order chi connectivity index (χ1) is 16.8. The summed E-state index contributed by atoms with van der Waals surface area (Å²) in [6, 6.07) is 3.23. The van der Waals surface area contributed by atoms with Gasteiger partial charge in [0, 0.05) is 13.1 Å². The Morgan fingerprint density at radius 2 is 1.78 bits per heavy atom. The van der Waals surface area contributed by atoms with Crippen molar-refractivity contribution in [3.63, 3.8) is 0 Å². The summed E-state index contributed by atoms with van der Waals surface area (Å²) in [4.78, 5) is 52.4. The number of nitrogens with zero attached hydrogens (tertiary/aromatic N) is 1. The van der Waals surface area contributed by atoms with Gasteiger partial charge in [0.05, 0.1) is 19.6 Å². The van der Waals surface area contributed by atoms with Crippen LogP contribution in [0.1, 0.15) is 70.2 Å². The number of aryl methyl sites for hydroxylation is 2. The summed E-state index contributed by atoms with van der Waals surface area (Å²) in [5, 5.41) is 15.1. The first-order valence-electron chi connectivity index (χ1n) is 12.3. The van der Waals surface area contributed by atoms with Crippen LogP contribution in [-0.2, 0) is 23.9 Å². The zero-order valence-corrected chi connectivity index (χ0v) is 22.5. The number of esters is 1. The summed E-state index contributed by atoms with van der Waals surface area (Å²) < 4.78 is 10.1. The first-order valence-corrected chi connectivity index (χ1v) is 12.3. The van der Waals surface area contributed by atoms with Gasteiger partial charge in [-0.05, 0) is 59.1 Å². The van der Waals surface area contributed by atoms with E-state index in [0.29, 0.717) is 12.0 Å². The van der Waals surface area contributed by atoms with Crippen molar-refractivity contribution in [1.29, 1.82) is 0 Å². The highest BCUT2D eigenvalue weighted by molar-refractivity contribution is 5.92. The molecule has 0 heterocycles. The summed E-state index contributed by atoms with van der Waals surface area (Å²) in [6.45, 7) is 12.1. The van der Waals surface area contributed by atoms with Crippen LogP contribution in [0, 0.1) is 13.8 Å². The first kappa shape index (κ1) is 30.9. The summed E-state index contributed by atoms with van der Waals surface area (Å²) in [7, 11) is 0. The van der Waals surface area contributed by atoms with Crippen molar-refractivity contribution in [2.24, 2.45) is 0 Å². The number of aliphatic hydroxyl groups excluding tert-OH is 1. The van der Waals surface area contributed by atoms with E-state index in [9.17, 15) is 24.3 Å². The van der Waals surface area contributed by atoms with Crippen molar-refractivity contribution in [3.8, 4) is 0 Å². The molecule has 36 heavy (non-hydrogen) atoms. The number of hydrogen-bond acceptors (Lipinski definition) is 7. The van der Waals surface area contributed by atoms with E-state index < -0.39 is 48.2 Å². The smallest absolute Gasteiger partial charge is 0.408 e. The van der Waals surface area contributed by atoms with Crippen LogP contribution in [0.5, 0.6) is 0 Å². The van der Waals surface area contributed by atoms with Gasteiger partial charge in [-0.2, -0.15) is 0 Å². The van der Waals surface area contributed by atoms with Crippen LogP contribution >= 0.6 is 0 Å². The van der Waals surface area contributed by atoms with Gasteiger partial charge in [-0.1, -0.05) is 30.7 Å². The van der Waals surface area contributed by atoms with Gasteiger partial charge in [-0.3, -0.25) is 14.4 Å². The highest BCUT2D eigenvalue weighted by atomic mass is 16.6. The number of amides is 3. The molecule has 10 nitrogen and oxygen atoms in total. The maximum Gasteiger partial charge on any atom is 0.408 e. The lowest BCUT2D eigenvalue weighted by molar-refractivity contribution is -0.144. The molecule has 0 aliphatic rings. The standard InChI is InChI=1S/C26H41N3O7/c1-8-14-29(24(33)20(16-30)28-25(34)36-26(5,6)7)22(19-15-17(3)10-11-18(19)4)23(32)27-13-12-21(31)35-9-2/h10-11,15,20,22,30H,8-9,12-14,16H2,1-7H3,(H,27,32)(H,28,34). The van der Waals surface area contributed by atoms with E-state index >= 15 is 0 Å². The number of ether oxygens (including phenoxy) is 2. The number of benzene rings is 1. The Balaban J connectivity index is 3.33. The fraction of sp³-hybridized carbons (Fsp3) is 0.615. The maximum absolute atomic E-state index is 13.6. The average Bonchev–Trinajstić information content (AvgIpc) is 2.78. The molecule has 1 aromatic rings. The quantitative estimate of drug-likeness (QED) is 0.370. The minimum absolute atomic E-state index is 0.0136. The van der Waals surface area contributed by atoms with Crippen LogP contribution in [0.3, 0.4) is 0 Å². The minimum atomic E-state index is -1.31. The molecule has 0 aromatic heterocycles. The number of carbonyl (C=O) groups excluding carboxylic acids is 4. The van der Waals surface area contributed by atoms with Crippen LogP contribution in [0.2, 0.25) is 0 Å². The molecule has 202 valence electrons. The Hall–Kier alpha value is -3.14. The Bertz CT molecular complexity index is 911. The highest BCUT2D eigenvalue weighted by Gasteiger charge is 2.36. The number of carbonyl (C=O) groups is 4. The molecule has 10 heteroatoms. The van der Waals surface area contributed by atoms with E-state index in [1.165, 1.54) is 4.90 Å². The van der Waals surface area contributed by atoms with Crippen molar-refractivity contribution in [3.05, 3.63) is 34.9 Å². The molecular formula is C26H41N3O7. The number of nitrogens with one attached hydrogen (secondary N) is 2. The average molecular weight is 508 g/mol. The predicted octanol–water partition coefficient (Wildman–Crippen LogP) is 2.54. The lowest BCUT2D eigenvalue weighted by Gasteiger charge is -2.34. The Morgan fingerprint density at radius 1 is 1.11 bits per heavy atom. The van der Waals surface area contributed by atoms with E-state index in [1.807, 2.05) is 39.0 Å². The molecule has 2 atom stereocenters. The molecule has 3 N–H and O–H groups in total. The molecule has 0 aliphatic carbocycles. The van der Waals surface area contributed by atoms with Gasteiger partial charge in [0.15, 0.2) is 0 Å². The molecule has 0 radical (unpaired) electrons. The van der Waals surface area contributed by atoms with E-state index in [-0.39, 0.29) is 26.1 Å². The number of alkyl carbamates (subject to hydrolysis) is 1. The third kappa shape index (κ3) is 9.85. The van der Waals surface area contributed by atoms with Gasteiger partial charge in [0.2, 0.25) is 11.8 Å². The Morgan fingerprint density at radius 3 is 2.33 bits per heavy atom. The Kier molecular flexibility index (Phi) is 12.4. The lowest BCUT2D eigenvalue weighted by atomic mass is 9.96. The fourth-order valence-corrected chi connectivity index (χ4v) is 3.57. The second kappa shape index (κ2) is 14.4. The normalized spacial score (nSPS) is 12.8. The second-order valence-electron chi connectivity index (χ2n) is 9.52. The van der Waals surface area contributed by atoms with Crippen molar-refractivity contribution >= 4 is 23.9 Å². The van der Waals surface area contributed by atoms with Gasteiger partial charge in [0.25, 0.3) is 0 Å². The molecule has 0 fully saturated rings. The molecule has 2 unspecified atom stereocenters. The van der Waals surface area contributed by atoms with Gasteiger partial charge in [-0.25, -0.2) is 4.79 Å². The minimum Gasteiger partial charge on any atom is -0.466 e. The van der Waals surface area contributed by atoms with Crippen molar-refractivity contribution < 1.29 is 33.8 Å². The second-order valence-corrected chi connectivity index (χ2v) is 9.52. The van der Waals surface area contributed by atoms with Crippen molar-refractivity contribution in [2.75, 3.05) is 26.3 Å². The fourth-order valence-electron chi connectivity index (χ4n) is 3.57. The van der Waals surface area contributed by atoms with Crippen LogP contribution in [0.15, 0.2) is 18.2 Å². The molecule has 0 spiro atoms. The summed E-state index contributed by atoms with van der Waals surface area (Å²) in [5.41, 5.74) is 1.51. The molecule has 0 bridgehead atoms. The van der Waals surface area contributed by atoms with Gasteiger partial charge in [0.1, 0.15) is 17.7 Å². The topological polar surface area (TPSA) is 134 Å². The lowest BCUT2D eigenvalue weighted by Crippen LogP contribution is -2.54. The van der Waals surface area contributed by atoms with E-state index in [4.69, 9.17) is 9.47 Å². The van der Waals surface area contributed by atoms with E-state index in [0.717, 1.165) is 11.1 Å². The van der Waals surface area contributed by atoms with Crippen molar-refractivity contribution in [2.45, 2.75) is 79.0 Å². The van der Waals surface area contributed by atoms with Gasteiger partial charge in [-0.15, -0.1) is 0 Å². The number of rotatable bonds is 12. The summed E-state index contributed by atoms with van der Waals surface area (Å²) in [5.74, 6) is -1.55. The van der Waals surface area contributed by atoms with Crippen LogP contribution in [-0.4, -0.2) is 71.8 Å². The number of hydrogen-bond donors (Lipinski definition) is 3. The third-order valence-corrected chi connectivity index (χ3v) is 5.14. The van der Waals surface area contributed by atoms with Crippen LogP contribution in [0.25, 0.3) is 0 Å². The van der Waals surface area contributed by atoms with Gasteiger partial charge < -0.3 is 30.1 Å². The molecule has 0 saturated carbocycles. The Labute approximate surface area is 213 Å². The maximum atomic E-state index is 13.6. The molecule has 0 saturated heterocycles. The summed E-state index contributed by atoms with van der Waals surface area (Å²) >= 11 is 0. The van der Waals surface area contributed by atoms with Crippen LogP contribution < -0.4 is 10.6 Å².